The first kappa shape index (κ1) is 22.9. The standard InChI is InChI=1S/C25H28ClN5O2/c1-17(2)24(32)28-23-15-31(16-27-23)21-8-5-19(6-9-21)25(33)30-12-10-29(11-13-30)22-14-20(26)7-4-18(22)3/h4-9,14-17H,10-13H2,1-3H3,(H,28,32). The van der Waals surface area contributed by atoms with Gasteiger partial charge in [0.25, 0.3) is 5.91 Å². The molecule has 1 aliphatic heterocycles. The summed E-state index contributed by atoms with van der Waals surface area (Å²) in [7, 11) is 0. The van der Waals surface area contributed by atoms with Crippen molar-refractivity contribution in [2.75, 3.05) is 36.4 Å². The number of rotatable bonds is 5. The van der Waals surface area contributed by atoms with Crippen LogP contribution in [0.15, 0.2) is 55.0 Å². The van der Waals surface area contributed by atoms with E-state index >= 15 is 0 Å². The summed E-state index contributed by atoms with van der Waals surface area (Å²) in [4.78, 5) is 33.3. The van der Waals surface area contributed by atoms with Crippen molar-refractivity contribution in [2.24, 2.45) is 5.92 Å². The first-order valence-electron chi connectivity index (χ1n) is 11.1. The van der Waals surface area contributed by atoms with Crippen LogP contribution in [-0.4, -0.2) is 52.4 Å². The van der Waals surface area contributed by atoms with Crippen molar-refractivity contribution in [3.8, 4) is 5.69 Å². The minimum atomic E-state index is -0.114. The molecule has 1 fully saturated rings. The molecule has 0 unspecified atom stereocenters. The Labute approximate surface area is 199 Å². The number of imidazole rings is 1. The lowest BCUT2D eigenvalue weighted by Gasteiger charge is -2.37. The Kier molecular flexibility index (Phi) is 6.70. The Morgan fingerprint density at radius 2 is 1.73 bits per heavy atom. The van der Waals surface area contributed by atoms with Crippen LogP contribution < -0.4 is 10.2 Å². The molecule has 172 valence electrons. The van der Waals surface area contributed by atoms with Crippen LogP contribution in [0.1, 0.15) is 29.8 Å². The van der Waals surface area contributed by atoms with Crippen molar-refractivity contribution in [1.82, 2.24) is 14.5 Å². The third-order valence-electron chi connectivity index (χ3n) is 5.85. The number of hydrogen-bond donors (Lipinski definition) is 1. The molecule has 4 rings (SSSR count). The SMILES string of the molecule is Cc1ccc(Cl)cc1N1CCN(C(=O)c2ccc(-n3cnc(NC(=O)C(C)C)c3)cc2)CC1. The smallest absolute Gasteiger partial charge is 0.253 e. The molecule has 2 amide bonds. The Morgan fingerprint density at radius 1 is 1.03 bits per heavy atom. The molecule has 0 aliphatic carbocycles. The van der Waals surface area contributed by atoms with Crippen molar-refractivity contribution in [3.63, 3.8) is 0 Å². The maximum absolute atomic E-state index is 13.0. The Bertz CT molecular complexity index is 1150. The lowest BCUT2D eigenvalue weighted by Crippen LogP contribution is -2.49. The van der Waals surface area contributed by atoms with Gasteiger partial charge in [-0.15, -0.1) is 0 Å². The second kappa shape index (κ2) is 9.67. The predicted octanol–water partition coefficient (Wildman–Crippen LogP) is 4.39. The van der Waals surface area contributed by atoms with E-state index in [9.17, 15) is 9.59 Å². The van der Waals surface area contributed by atoms with Gasteiger partial charge in [-0.2, -0.15) is 0 Å². The molecular formula is C25H28ClN5O2. The first-order chi connectivity index (χ1) is 15.8. The van der Waals surface area contributed by atoms with E-state index in [2.05, 4.69) is 22.1 Å². The number of hydrogen-bond acceptors (Lipinski definition) is 4. The fourth-order valence-electron chi connectivity index (χ4n) is 3.83. The van der Waals surface area contributed by atoms with Gasteiger partial charge in [-0.25, -0.2) is 4.98 Å². The van der Waals surface area contributed by atoms with Crippen molar-refractivity contribution < 1.29 is 9.59 Å². The van der Waals surface area contributed by atoms with Crippen LogP contribution in [0.25, 0.3) is 5.69 Å². The zero-order valence-electron chi connectivity index (χ0n) is 19.1. The Morgan fingerprint density at radius 3 is 2.39 bits per heavy atom. The van der Waals surface area contributed by atoms with E-state index in [1.807, 2.05) is 65.8 Å². The molecule has 1 aromatic heterocycles. The van der Waals surface area contributed by atoms with Gasteiger partial charge in [0.05, 0.1) is 6.20 Å². The lowest BCUT2D eigenvalue weighted by molar-refractivity contribution is -0.118. The second-order valence-electron chi connectivity index (χ2n) is 8.57. The minimum Gasteiger partial charge on any atom is -0.368 e. The van der Waals surface area contributed by atoms with Gasteiger partial charge in [-0.3, -0.25) is 9.59 Å². The van der Waals surface area contributed by atoms with Crippen LogP contribution in [0.3, 0.4) is 0 Å². The molecule has 7 nitrogen and oxygen atoms in total. The van der Waals surface area contributed by atoms with Crippen LogP contribution in [0, 0.1) is 12.8 Å². The van der Waals surface area contributed by atoms with E-state index in [1.165, 1.54) is 5.56 Å². The molecule has 2 aromatic carbocycles. The average Bonchev–Trinajstić information content (AvgIpc) is 3.29. The normalized spacial score (nSPS) is 14.0. The molecule has 2 heterocycles. The van der Waals surface area contributed by atoms with Gasteiger partial charge in [0, 0.05) is 54.1 Å². The molecule has 0 spiro atoms. The number of piperazine rings is 1. The Balaban J connectivity index is 1.38. The number of carbonyl (C=O) groups excluding carboxylic acids is 2. The molecule has 8 heteroatoms. The van der Waals surface area contributed by atoms with Gasteiger partial charge in [0.15, 0.2) is 5.82 Å². The number of halogens is 1. The van der Waals surface area contributed by atoms with Crippen LogP contribution in [0.4, 0.5) is 11.5 Å². The number of carbonyl (C=O) groups is 2. The highest BCUT2D eigenvalue weighted by Crippen LogP contribution is 2.25. The van der Waals surface area contributed by atoms with Gasteiger partial charge >= 0.3 is 0 Å². The van der Waals surface area contributed by atoms with Crippen LogP contribution in [-0.2, 0) is 4.79 Å². The fourth-order valence-corrected chi connectivity index (χ4v) is 4.00. The molecule has 1 saturated heterocycles. The summed E-state index contributed by atoms with van der Waals surface area (Å²) in [5.74, 6) is 0.338. The molecule has 33 heavy (non-hydrogen) atoms. The lowest BCUT2D eigenvalue weighted by atomic mass is 10.1. The number of aromatic nitrogens is 2. The van der Waals surface area contributed by atoms with Crippen LogP contribution in [0.2, 0.25) is 5.02 Å². The van der Waals surface area contributed by atoms with Crippen LogP contribution in [0.5, 0.6) is 0 Å². The summed E-state index contributed by atoms with van der Waals surface area (Å²) >= 11 is 6.17. The third kappa shape index (κ3) is 5.20. The molecule has 0 bridgehead atoms. The molecule has 0 radical (unpaired) electrons. The minimum absolute atomic E-state index is 0.0273. The summed E-state index contributed by atoms with van der Waals surface area (Å²) in [5.41, 5.74) is 3.83. The summed E-state index contributed by atoms with van der Waals surface area (Å²) in [6.07, 6.45) is 3.40. The number of amides is 2. The van der Waals surface area contributed by atoms with Crippen molar-refractivity contribution >= 4 is 34.9 Å². The Hall–Kier alpha value is -3.32. The maximum Gasteiger partial charge on any atom is 0.253 e. The fraction of sp³-hybridized carbons (Fsp3) is 0.320. The molecular weight excluding hydrogens is 438 g/mol. The van der Waals surface area contributed by atoms with Crippen molar-refractivity contribution in [3.05, 3.63) is 71.1 Å². The third-order valence-corrected chi connectivity index (χ3v) is 6.08. The topological polar surface area (TPSA) is 70.5 Å². The second-order valence-corrected chi connectivity index (χ2v) is 9.00. The highest BCUT2D eigenvalue weighted by Gasteiger charge is 2.23. The van der Waals surface area contributed by atoms with E-state index < -0.39 is 0 Å². The predicted molar refractivity (Wildman–Crippen MR) is 131 cm³/mol. The van der Waals surface area contributed by atoms with E-state index in [4.69, 9.17) is 11.6 Å². The number of anilines is 2. The molecule has 0 atom stereocenters. The zero-order chi connectivity index (χ0) is 23.5. The summed E-state index contributed by atoms with van der Waals surface area (Å²) < 4.78 is 1.82. The van der Waals surface area contributed by atoms with Gasteiger partial charge in [0.1, 0.15) is 6.33 Å². The van der Waals surface area contributed by atoms with Crippen LogP contribution >= 0.6 is 11.6 Å². The number of aryl methyl sites for hydroxylation is 1. The summed E-state index contributed by atoms with van der Waals surface area (Å²) in [5, 5.41) is 3.51. The molecule has 1 aliphatic rings. The average molecular weight is 466 g/mol. The summed E-state index contributed by atoms with van der Waals surface area (Å²) in [6, 6.07) is 13.3. The summed E-state index contributed by atoms with van der Waals surface area (Å²) in [6.45, 7) is 8.60. The van der Waals surface area contributed by atoms with E-state index in [0.29, 0.717) is 24.5 Å². The van der Waals surface area contributed by atoms with E-state index in [-0.39, 0.29) is 17.7 Å². The van der Waals surface area contributed by atoms with Crippen molar-refractivity contribution in [2.45, 2.75) is 20.8 Å². The highest BCUT2D eigenvalue weighted by molar-refractivity contribution is 6.30. The van der Waals surface area contributed by atoms with Gasteiger partial charge in [-0.05, 0) is 48.9 Å². The van der Waals surface area contributed by atoms with E-state index in [1.54, 1.807) is 12.5 Å². The van der Waals surface area contributed by atoms with E-state index in [0.717, 1.165) is 29.5 Å². The maximum atomic E-state index is 13.0. The molecule has 0 saturated carbocycles. The number of benzene rings is 2. The number of nitrogens with one attached hydrogen (secondary N) is 1. The largest absolute Gasteiger partial charge is 0.368 e. The number of nitrogens with zero attached hydrogens (tertiary/aromatic N) is 4. The zero-order valence-corrected chi connectivity index (χ0v) is 19.8. The molecule has 1 N–H and O–H groups in total. The van der Waals surface area contributed by atoms with Gasteiger partial charge in [-0.1, -0.05) is 31.5 Å². The van der Waals surface area contributed by atoms with Crippen molar-refractivity contribution in [1.29, 1.82) is 0 Å². The van der Waals surface area contributed by atoms with Gasteiger partial charge < -0.3 is 19.7 Å². The quantitative estimate of drug-likeness (QED) is 0.606. The first-order valence-corrected chi connectivity index (χ1v) is 11.5. The van der Waals surface area contributed by atoms with Gasteiger partial charge in [0.2, 0.25) is 5.91 Å². The highest BCUT2D eigenvalue weighted by atomic mass is 35.5. The molecule has 3 aromatic rings. The monoisotopic (exact) mass is 465 g/mol.